The van der Waals surface area contributed by atoms with Crippen molar-refractivity contribution in [3.8, 4) is 0 Å². The average Bonchev–Trinajstić information content (AvgIpc) is 2.19. The average molecular weight is 232 g/mol. The van der Waals surface area contributed by atoms with E-state index in [1.807, 2.05) is 6.92 Å². The lowest BCUT2D eigenvalue weighted by molar-refractivity contribution is 0.110. The second-order valence-corrected chi connectivity index (χ2v) is 3.92. The first-order chi connectivity index (χ1) is 7.10. The molecule has 0 saturated carbocycles. The largest absolute Gasteiger partial charge is 0.388 e. The molecule has 0 heterocycles. The Morgan fingerprint density at radius 3 is 2.67 bits per heavy atom. The molecule has 2 unspecified atom stereocenters. The van der Waals surface area contributed by atoms with Gasteiger partial charge in [0.05, 0.1) is 6.10 Å². The fourth-order valence-corrected chi connectivity index (χ4v) is 1.79. The molecule has 84 valence electrons. The fraction of sp³-hybridized carbons (Fsp3) is 0.455. The van der Waals surface area contributed by atoms with Gasteiger partial charge >= 0.3 is 0 Å². The van der Waals surface area contributed by atoms with Crippen LogP contribution in [0.15, 0.2) is 18.2 Å². The minimum absolute atomic E-state index is 0.0482. The van der Waals surface area contributed by atoms with E-state index in [4.69, 9.17) is 17.3 Å². The van der Waals surface area contributed by atoms with E-state index in [-0.39, 0.29) is 10.9 Å². The number of rotatable bonds is 4. The molecule has 0 fully saturated rings. The number of aliphatic hydroxyl groups excluding tert-OH is 1. The van der Waals surface area contributed by atoms with Crippen LogP contribution in [0.4, 0.5) is 4.39 Å². The van der Waals surface area contributed by atoms with Crippen LogP contribution in [-0.4, -0.2) is 11.7 Å². The Morgan fingerprint density at radius 2 is 2.20 bits per heavy atom. The lowest BCUT2D eigenvalue weighted by Gasteiger charge is -2.21. The number of halogens is 2. The molecule has 0 saturated heterocycles. The first kappa shape index (κ1) is 12.4. The van der Waals surface area contributed by atoms with E-state index < -0.39 is 11.9 Å². The van der Waals surface area contributed by atoms with E-state index in [0.717, 1.165) is 6.42 Å². The van der Waals surface area contributed by atoms with Crippen molar-refractivity contribution in [2.24, 2.45) is 11.7 Å². The smallest absolute Gasteiger partial charge is 0.124 e. The maximum absolute atomic E-state index is 12.8. The maximum Gasteiger partial charge on any atom is 0.124 e. The molecular weight excluding hydrogens is 217 g/mol. The second kappa shape index (κ2) is 5.45. The number of hydrogen-bond donors (Lipinski definition) is 2. The zero-order valence-corrected chi connectivity index (χ0v) is 9.34. The van der Waals surface area contributed by atoms with Crippen molar-refractivity contribution in [1.29, 1.82) is 0 Å². The molecule has 0 bridgehead atoms. The Hall–Kier alpha value is -0.640. The summed E-state index contributed by atoms with van der Waals surface area (Å²) in [7, 11) is 0. The van der Waals surface area contributed by atoms with Gasteiger partial charge < -0.3 is 10.8 Å². The van der Waals surface area contributed by atoms with Crippen molar-refractivity contribution in [2.45, 2.75) is 19.4 Å². The van der Waals surface area contributed by atoms with Crippen LogP contribution in [0.2, 0.25) is 5.02 Å². The zero-order chi connectivity index (χ0) is 11.4. The van der Waals surface area contributed by atoms with Gasteiger partial charge in [0.15, 0.2) is 0 Å². The molecule has 0 spiro atoms. The van der Waals surface area contributed by atoms with E-state index in [2.05, 4.69) is 0 Å². The molecule has 0 amide bonds. The van der Waals surface area contributed by atoms with Crippen LogP contribution < -0.4 is 5.73 Å². The topological polar surface area (TPSA) is 46.2 Å². The van der Waals surface area contributed by atoms with Crippen LogP contribution in [0.25, 0.3) is 0 Å². The summed E-state index contributed by atoms with van der Waals surface area (Å²) in [4.78, 5) is 0. The van der Waals surface area contributed by atoms with Gasteiger partial charge in [-0.3, -0.25) is 0 Å². The van der Waals surface area contributed by atoms with E-state index in [0.29, 0.717) is 12.1 Å². The molecule has 0 aliphatic rings. The standard InChI is InChI=1S/C11H15ClFNO/c1-2-7(6-14)11(15)9-4-3-8(13)5-10(9)12/h3-5,7,11,15H,2,6,14H2,1H3. The lowest BCUT2D eigenvalue weighted by Crippen LogP contribution is -2.21. The quantitative estimate of drug-likeness (QED) is 0.837. The monoisotopic (exact) mass is 231 g/mol. The molecule has 0 aliphatic carbocycles. The molecule has 0 aliphatic heterocycles. The number of nitrogens with two attached hydrogens (primary N) is 1. The van der Waals surface area contributed by atoms with Crippen LogP contribution in [-0.2, 0) is 0 Å². The van der Waals surface area contributed by atoms with E-state index >= 15 is 0 Å². The minimum Gasteiger partial charge on any atom is -0.388 e. The maximum atomic E-state index is 12.8. The van der Waals surface area contributed by atoms with E-state index in [1.165, 1.54) is 18.2 Å². The minimum atomic E-state index is -0.729. The first-order valence-corrected chi connectivity index (χ1v) is 5.31. The van der Waals surface area contributed by atoms with Crippen molar-refractivity contribution in [3.63, 3.8) is 0 Å². The summed E-state index contributed by atoms with van der Waals surface area (Å²) in [5.41, 5.74) is 6.06. The molecule has 2 nitrogen and oxygen atoms in total. The highest BCUT2D eigenvalue weighted by Crippen LogP contribution is 2.29. The van der Waals surface area contributed by atoms with Gasteiger partial charge in [-0.2, -0.15) is 0 Å². The van der Waals surface area contributed by atoms with Crippen LogP contribution >= 0.6 is 11.6 Å². The van der Waals surface area contributed by atoms with Crippen LogP contribution in [0.5, 0.6) is 0 Å². The third kappa shape index (κ3) is 2.91. The Kier molecular flexibility index (Phi) is 4.51. The van der Waals surface area contributed by atoms with Gasteiger partial charge in [0, 0.05) is 10.9 Å². The van der Waals surface area contributed by atoms with Gasteiger partial charge in [-0.15, -0.1) is 0 Å². The normalized spacial score (nSPS) is 15.0. The molecular formula is C11H15ClFNO. The molecule has 1 aromatic carbocycles. The molecule has 15 heavy (non-hydrogen) atoms. The third-order valence-electron chi connectivity index (χ3n) is 2.55. The molecule has 0 radical (unpaired) electrons. The predicted molar refractivity (Wildman–Crippen MR) is 59.2 cm³/mol. The second-order valence-electron chi connectivity index (χ2n) is 3.51. The van der Waals surface area contributed by atoms with Crippen molar-refractivity contribution >= 4 is 11.6 Å². The summed E-state index contributed by atoms with van der Waals surface area (Å²) >= 11 is 5.84. The third-order valence-corrected chi connectivity index (χ3v) is 2.88. The van der Waals surface area contributed by atoms with Gasteiger partial charge in [0.25, 0.3) is 0 Å². The molecule has 0 aromatic heterocycles. The van der Waals surface area contributed by atoms with Crippen molar-refractivity contribution in [3.05, 3.63) is 34.6 Å². The molecule has 4 heteroatoms. The van der Waals surface area contributed by atoms with Crippen molar-refractivity contribution in [1.82, 2.24) is 0 Å². The fourth-order valence-electron chi connectivity index (χ4n) is 1.51. The number of benzene rings is 1. The van der Waals surface area contributed by atoms with Gasteiger partial charge in [-0.1, -0.05) is 24.6 Å². The summed E-state index contributed by atoms with van der Waals surface area (Å²) in [6, 6.07) is 3.98. The van der Waals surface area contributed by atoms with Gasteiger partial charge in [-0.25, -0.2) is 4.39 Å². The summed E-state index contributed by atoms with van der Waals surface area (Å²) in [5.74, 6) is -0.454. The van der Waals surface area contributed by atoms with E-state index in [9.17, 15) is 9.50 Å². The molecule has 3 N–H and O–H groups in total. The summed E-state index contributed by atoms with van der Waals surface area (Å²) in [5, 5.41) is 10.2. The Labute approximate surface area is 93.9 Å². The van der Waals surface area contributed by atoms with E-state index in [1.54, 1.807) is 0 Å². The number of hydrogen-bond acceptors (Lipinski definition) is 2. The molecule has 1 rings (SSSR count). The van der Waals surface area contributed by atoms with Crippen LogP contribution in [0.1, 0.15) is 25.0 Å². The predicted octanol–water partition coefficient (Wildman–Crippen LogP) is 2.50. The van der Waals surface area contributed by atoms with Crippen molar-refractivity contribution < 1.29 is 9.50 Å². The summed E-state index contributed by atoms with van der Waals surface area (Å²) in [6.45, 7) is 2.32. The molecule has 1 aromatic rings. The van der Waals surface area contributed by atoms with Gasteiger partial charge in [0.2, 0.25) is 0 Å². The number of aliphatic hydroxyl groups is 1. The summed E-state index contributed by atoms with van der Waals surface area (Å²) in [6.07, 6.45) is 0.0267. The zero-order valence-electron chi connectivity index (χ0n) is 8.58. The Bertz CT molecular complexity index is 328. The van der Waals surface area contributed by atoms with Gasteiger partial charge in [0.1, 0.15) is 5.82 Å². The van der Waals surface area contributed by atoms with Crippen LogP contribution in [0.3, 0.4) is 0 Å². The Balaban J connectivity index is 2.94. The Morgan fingerprint density at radius 1 is 1.53 bits per heavy atom. The van der Waals surface area contributed by atoms with Crippen molar-refractivity contribution in [2.75, 3.05) is 6.54 Å². The summed E-state index contributed by atoms with van der Waals surface area (Å²) < 4.78 is 12.8. The first-order valence-electron chi connectivity index (χ1n) is 4.93. The highest BCUT2D eigenvalue weighted by molar-refractivity contribution is 6.31. The molecule has 2 atom stereocenters. The highest BCUT2D eigenvalue weighted by atomic mass is 35.5. The highest BCUT2D eigenvalue weighted by Gasteiger charge is 2.20. The van der Waals surface area contributed by atoms with Crippen LogP contribution in [0, 0.1) is 11.7 Å². The SMILES string of the molecule is CCC(CN)C(O)c1ccc(F)cc1Cl. The lowest BCUT2D eigenvalue weighted by atomic mass is 9.93. The van der Waals surface area contributed by atoms with Gasteiger partial charge in [-0.05, 0) is 30.7 Å².